The molecule has 0 spiro atoms. The van der Waals surface area contributed by atoms with Gasteiger partial charge in [0, 0.05) is 38.4 Å². The topological polar surface area (TPSA) is 92.8 Å². The van der Waals surface area contributed by atoms with Crippen molar-refractivity contribution >= 4 is 27.3 Å². The number of rotatable bonds is 6. The summed E-state index contributed by atoms with van der Waals surface area (Å²) in [5.74, 6) is 0.228. The highest BCUT2D eigenvalue weighted by Crippen LogP contribution is 2.50. The monoisotopic (exact) mass is 455 g/mol. The van der Waals surface area contributed by atoms with Crippen molar-refractivity contribution in [3.05, 3.63) is 29.8 Å². The lowest BCUT2D eigenvalue weighted by atomic mass is 9.65. The van der Waals surface area contributed by atoms with E-state index in [-0.39, 0.29) is 22.8 Å². The molecule has 1 unspecified atom stereocenters. The lowest BCUT2D eigenvalue weighted by Gasteiger charge is -2.56. The van der Waals surface area contributed by atoms with Crippen LogP contribution in [-0.2, 0) is 26.2 Å². The number of amides is 1. The Bertz CT molecular complexity index is 886. The molecule has 3 fully saturated rings. The molecule has 2 saturated heterocycles. The normalized spacial score (nSPS) is 26.9. The zero-order chi connectivity index (χ0) is 22.5. The van der Waals surface area contributed by atoms with Gasteiger partial charge in [-0.05, 0) is 64.2 Å². The molecule has 0 radical (unpaired) electrons. The van der Waals surface area contributed by atoms with Gasteiger partial charge >= 0.3 is 0 Å². The van der Waals surface area contributed by atoms with Gasteiger partial charge in [0.15, 0.2) is 0 Å². The molecule has 7 nitrogen and oxygen atoms in total. The Hall–Kier alpha value is -1.13. The lowest BCUT2D eigenvalue weighted by Crippen LogP contribution is -2.65. The average molecular weight is 456 g/mol. The first-order valence-electron chi connectivity index (χ1n) is 10.3. The number of piperidine rings is 2. The third-order valence-corrected chi connectivity index (χ3v) is 9.90. The number of sulfonamides is 1. The van der Waals surface area contributed by atoms with E-state index in [2.05, 4.69) is 4.72 Å². The second kappa shape index (κ2) is 8.09. The first-order valence-corrected chi connectivity index (χ1v) is 12.9. The maximum absolute atomic E-state index is 13.1. The van der Waals surface area contributed by atoms with Crippen LogP contribution in [0.1, 0.15) is 58.1 Å². The third kappa shape index (κ3) is 4.02. The molecule has 1 N–H and O–H groups in total. The molecule has 1 aromatic rings. The predicted octanol–water partition coefficient (Wildman–Crippen LogP) is 2.43. The van der Waals surface area contributed by atoms with Crippen molar-refractivity contribution in [3.8, 4) is 0 Å². The van der Waals surface area contributed by atoms with Crippen LogP contribution in [0.3, 0.4) is 0 Å². The SMILES string of the molecule is CN1C(=O)C2CCC1([C@H](N[S+]([O-])C(C)(C)C)c1ccc(S(=O)(=O)N(C)C)cc1)CC2. The first-order chi connectivity index (χ1) is 13.8. The molecule has 30 heavy (non-hydrogen) atoms. The van der Waals surface area contributed by atoms with E-state index in [9.17, 15) is 17.8 Å². The predicted molar refractivity (Wildman–Crippen MR) is 119 cm³/mol. The van der Waals surface area contributed by atoms with Crippen molar-refractivity contribution in [1.29, 1.82) is 0 Å². The molecule has 1 aliphatic carbocycles. The van der Waals surface area contributed by atoms with Crippen LogP contribution in [0.25, 0.3) is 0 Å². The number of carbonyl (C=O) groups excluding carboxylic acids is 1. The van der Waals surface area contributed by atoms with Crippen LogP contribution in [0.5, 0.6) is 0 Å². The van der Waals surface area contributed by atoms with E-state index in [4.69, 9.17) is 0 Å². The molecule has 3 aliphatic rings. The molecule has 168 valence electrons. The Morgan fingerprint density at radius 3 is 2.20 bits per heavy atom. The number of hydrogen-bond acceptors (Lipinski definition) is 5. The fraction of sp³-hybridized carbons (Fsp3) is 0.667. The Kier molecular flexibility index (Phi) is 6.35. The van der Waals surface area contributed by atoms with E-state index < -0.39 is 31.7 Å². The number of fused-ring (bicyclic) bond motifs is 3. The highest BCUT2D eigenvalue weighted by atomic mass is 32.2. The second-order valence-corrected chi connectivity index (χ2v) is 13.7. The number of carbonyl (C=O) groups is 1. The summed E-state index contributed by atoms with van der Waals surface area (Å²) in [6.45, 7) is 5.72. The van der Waals surface area contributed by atoms with E-state index in [1.165, 1.54) is 18.4 Å². The van der Waals surface area contributed by atoms with Crippen LogP contribution in [-0.4, -0.2) is 59.5 Å². The highest BCUT2D eigenvalue weighted by molar-refractivity contribution is 7.90. The van der Waals surface area contributed by atoms with E-state index in [0.29, 0.717) is 0 Å². The molecular formula is C21H33N3O4S2. The molecule has 2 aliphatic heterocycles. The summed E-state index contributed by atoms with van der Waals surface area (Å²) in [5.41, 5.74) is 0.361. The third-order valence-electron chi connectivity index (χ3n) is 6.51. The summed E-state index contributed by atoms with van der Waals surface area (Å²) in [5, 5.41) is 0. The summed E-state index contributed by atoms with van der Waals surface area (Å²) < 4.78 is 42.0. The molecule has 1 saturated carbocycles. The van der Waals surface area contributed by atoms with Crippen molar-refractivity contribution in [1.82, 2.24) is 13.9 Å². The Morgan fingerprint density at radius 2 is 1.73 bits per heavy atom. The molecule has 2 atom stereocenters. The van der Waals surface area contributed by atoms with Crippen LogP contribution in [0.15, 0.2) is 29.2 Å². The molecule has 9 heteroatoms. The molecule has 2 bridgehead atoms. The van der Waals surface area contributed by atoms with Gasteiger partial charge in [-0.25, -0.2) is 12.7 Å². The van der Waals surface area contributed by atoms with Gasteiger partial charge in [-0.3, -0.25) is 4.79 Å². The minimum atomic E-state index is -3.53. The van der Waals surface area contributed by atoms with Crippen molar-refractivity contribution < 1.29 is 17.8 Å². The average Bonchev–Trinajstić information content (AvgIpc) is 2.69. The summed E-state index contributed by atoms with van der Waals surface area (Å²) in [6, 6.07) is 6.38. The molecule has 0 aromatic heterocycles. The molecule has 2 heterocycles. The smallest absolute Gasteiger partial charge is 0.242 e. The Morgan fingerprint density at radius 1 is 1.20 bits per heavy atom. The number of hydrogen-bond donors (Lipinski definition) is 1. The highest BCUT2D eigenvalue weighted by Gasteiger charge is 2.55. The Balaban J connectivity index is 2.03. The summed E-state index contributed by atoms with van der Waals surface area (Å²) >= 11 is -1.35. The van der Waals surface area contributed by atoms with E-state index in [0.717, 1.165) is 31.2 Å². The van der Waals surface area contributed by atoms with Gasteiger partial charge in [0.05, 0.1) is 10.4 Å². The molecule has 1 aromatic carbocycles. The van der Waals surface area contributed by atoms with Crippen molar-refractivity contribution in [2.24, 2.45) is 5.92 Å². The van der Waals surface area contributed by atoms with Crippen LogP contribution in [0.4, 0.5) is 0 Å². The molecule has 1 amide bonds. The zero-order valence-corrected chi connectivity index (χ0v) is 20.3. The Labute approximate surface area is 183 Å². The molecular weight excluding hydrogens is 422 g/mol. The van der Waals surface area contributed by atoms with Crippen molar-refractivity contribution in [2.45, 2.75) is 67.7 Å². The fourth-order valence-electron chi connectivity index (χ4n) is 4.49. The van der Waals surface area contributed by atoms with Gasteiger partial charge in [-0.2, -0.15) is 0 Å². The van der Waals surface area contributed by atoms with Crippen LogP contribution >= 0.6 is 0 Å². The largest absolute Gasteiger partial charge is 0.598 e. The minimum Gasteiger partial charge on any atom is -0.598 e. The van der Waals surface area contributed by atoms with E-state index in [1.807, 2.05) is 32.7 Å². The second-order valence-electron chi connectivity index (χ2n) is 9.56. The van der Waals surface area contributed by atoms with Gasteiger partial charge in [0.25, 0.3) is 0 Å². The number of likely N-dealkylation sites (N-methyl/N-ethyl adjacent to an activating group) is 1. The van der Waals surface area contributed by atoms with Gasteiger partial charge in [-0.15, -0.1) is 4.72 Å². The minimum absolute atomic E-state index is 0.0817. The molecule has 4 rings (SSSR count). The fourth-order valence-corrected chi connectivity index (χ4v) is 6.32. The van der Waals surface area contributed by atoms with Crippen LogP contribution in [0.2, 0.25) is 0 Å². The zero-order valence-electron chi connectivity index (χ0n) is 18.6. The summed E-state index contributed by atoms with van der Waals surface area (Å²) in [4.78, 5) is 14.9. The standard InChI is InChI=1S/C21H33N3O4S2/c1-20(2,3)29(26)22-18(21-13-11-16(12-14-21)19(25)24(21)6)15-7-9-17(10-8-15)30(27,28)23(4)5/h7-10,16,18,22H,11-14H2,1-6H3/t16?,18-,21?,29?/m1/s1. The lowest BCUT2D eigenvalue weighted by molar-refractivity contribution is -0.155. The first kappa shape index (κ1) is 23.5. The quantitative estimate of drug-likeness (QED) is 0.665. The van der Waals surface area contributed by atoms with Crippen molar-refractivity contribution in [3.63, 3.8) is 0 Å². The van der Waals surface area contributed by atoms with Gasteiger partial charge in [0.1, 0.15) is 10.8 Å². The van der Waals surface area contributed by atoms with Crippen LogP contribution < -0.4 is 4.72 Å². The summed E-state index contributed by atoms with van der Waals surface area (Å²) in [7, 11) is 1.31. The van der Waals surface area contributed by atoms with Gasteiger partial charge in [0.2, 0.25) is 15.9 Å². The maximum atomic E-state index is 13.1. The van der Waals surface area contributed by atoms with Crippen LogP contribution in [0, 0.1) is 5.92 Å². The van der Waals surface area contributed by atoms with E-state index >= 15 is 0 Å². The maximum Gasteiger partial charge on any atom is 0.242 e. The summed E-state index contributed by atoms with van der Waals surface area (Å²) in [6.07, 6.45) is 3.32. The van der Waals surface area contributed by atoms with Gasteiger partial charge in [-0.1, -0.05) is 12.1 Å². The number of benzene rings is 1. The van der Waals surface area contributed by atoms with Gasteiger partial charge < -0.3 is 9.45 Å². The van der Waals surface area contributed by atoms with E-state index in [1.54, 1.807) is 24.3 Å². The van der Waals surface area contributed by atoms with Crippen molar-refractivity contribution in [2.75, 3.05) is 21.1 Å². The number of nitrogens with zero attached hydrogens (tertiary/aromatic N) is 2. The number of nitrogens with one attached hydrogen (secondary N) is 1.